The second-order valence-electron chi connectivity index (χ2n) is 4.33. The molecule has 0 spiro atoms. The molecule has 6 heteroatoms. The van der Waals surface area contributed by atoms with Crippen LogP contribution in [0.25, 0.3) is 26.6 Å². The molecule has 3 heterocycles. The number of rotatable bonds is 1. The van der Waals surface area contributed by atoms with Crippen LogP contribution in [0, 0.1) is 0 Å². The van der Waals surface area contributed by atoms with Gasteiger partial charge in [-0.15, -0.1) is 0 Å². The molecule has 0 N–H and O–H groups in total. The fourth-order valence-electron chi connectivity index (χ4n) is 2.17. The SMILES string of the molecule is Clc1cnc(-c2cn3c(nc4ccccc43)s2)c(Cl)c1. The van der Waals surface area contributed by atoms with Crippen molar-refractivity contribution >= 4 is 50.5 Å². The molecule has 3 aromatic heterocycles. The topological polar surface area (TPSA) is 30.2 Å². The number of fused-ring (bicyclic) bond motifs is 3. The molecule has 3 nitrogen and oxygen atoms in total. The zero-order valence-electron chi connectivity index (χ0n) is 10.0. The molecule has 0 unspecified atom stereocenters. The molecular weight excluding hydrogens is 313 g/mol. The molecule has 0 radical (unpaired) electrons. The lowest BCUT2D eigenvalue weighted by Crippen LogP contribution is -1.82. The first-order valence-corrected chi connectivity index (χ1v) is 7.48. The van der Waals surface area contributed by atoms with Crippen molar-refractivity contribution in [1.82, 2.24) is 14.4 Å². The van der Waals surface area contributed by atoms with Crippen molar-refractivity contribution in [2.45, 2.75) is 0 Å². The van der Waals surface area contributed by atoms with E-state index in [9.17, 15) is 0 Å². The van der Waals surface area contributed by atoms with Crippen molar-refractivity contribution in [2.24, 2.45) is 0 Å². The fraction of sp³-hybridized carbons (Fsp3) is 0. The van der Waals surface area contributed by atoms with Crippen molar-refractivity contribution in [2.75, 3.05) is 0 Å². The van der Waals surface area contributed by atoms with Crippen LogP contribution in [-0.2, 0) is 0 Å². The van der Waals surface area contributed by atoms with E-state index in [-0.39, 0.29) is 0 Å². The average molecular weight is 320 g/mol. The van der Waals surface area contributed by atoms with Gasteiger partial charge in [0.05, 0.1) is 26.0 Å². The van der Waals surface area contributed by atoms with Crippen LogP contribution in [0.3, 0.4) is 0 Å². The van der Waals surface area contributed by atoms with E-state index < -0.39 is 0 Å². The van der Waals surface area contributed by atoms with Crippen LogP contribution in [0.1, 0.15) is 0 Å². The van der Waals surface area contributed by atoms with Gasteiger partial charge >= 0.3 is 0 Å². The van der Waals surface area contributed by atoms with Gasteiger partial charge in [0.1, 0.15) is 5.69 Å². The van der Waals surface area contributed by atoms with Crippen LogP contribution >= 0.6 is 34.5 Å². The van der Waals surface area contributed by atoms with Crippen molar-refractivity contribution < 1.29 is 0 Å². The Bertz CT molecular complexity index is 942. The summed E-state index contributed by atoms with van der Waals surface area (Å²) >= 11 is 13.6. The van der Waals surface area contributed by atoms with Crippen LogP contribution in [0.5, 0.6) is 0 Å². The van der Waals surface area contributed by atoms with E-state index in [2.05, 4.69) is 14.4 Å². The monoisotopic (exact) mass is 319 g/mol. The number of benzene rings is 1. The van der Waals surface area contributed by atoms with E-state index in [1.54, 1.807) is 23.6 Å². The van der Waals surface area contributed by atoms with Crippen LogP contribution in [-0.4, -0.2) is 14.4 Å². The highest BCUT2D eigenvalue weighted by atomic mass is 35.5. The van der Waals surface area contributed by atoms with E-state index in [0.717, 1.165) is 26.6 Å². The van der Waals surface area contributed by atoms with Gasteiger partial charge in [0.15, 0.2) is 4.96 Å². The summed E-state index contributed by atoms with van der Waals surface area (Å²) in [7, 11) is 0. The van der Waals surface area contributed by atoms with Crippen LogP contribution in [0.15, 0.2) is 42.7 Å². The summed E-state index contributed by atoms with van der Waals surface area (Å²) in [6, 6.07) is 9.73. The van der Waals surface area contributed by atoms with E-state index in [1.165, 1.54) is 0 Å². The molecule has 0 fully saturated rings. The van der Waals surface area contributed by atoms with Gasteiger partial charge in [0, 0.05) is 12.4 Å². The number of pyridine rings is 1. The predicted molar refractivity (Wildman–Crippen MR) is 83.8 cm³/mol. The van der Waals surface area contributed by atoms with Crippen LogP contribution in [0.4, 0.5) is 0 Å². The Morgan fingerprint density at radius 3 is 2.85 bits per heavy atom. The lowest BCUT2D eigenvalue weighted by atomic mass is 10.3. The van der Waals surface area contributed by atoms with Crippen molar-refractivity contribution in [3.8, 4) is 10.6 Å². The largest absolute Gasteiger partial charge is 0.290 e. The van der Waals surface area contributed by atoms with Gasteiger partial charge < -0.3 is 0 Å². The summed E-state index contributed by atoms with van der Waals surface area (Å²) < 4.78 is 2.06. The maximum absolute atomic E-state index is 6.21. The molecule has 0 aliphatic carbocycles. The summed E-state index contributed by atoms with van der Waals surface area (Å²) in [5, 5.41) is 1.08. The summed E-state index contributed by atoms with van der Waals surface area (Å²) in [6.45, 7) is 0. The molecule has 20 heavy (non-hydrogen) atoms. The Morgan fingerprint density at radius 2 is 2.00 bits per heavy atom. The van der Waals surface area contributed by atoms with Gasteiger partial charge in [-0.2, -0.15) is 0 Å². The molecule has 4 rings (SSSR count). The second kappa shape index (κ2) is 4.45. The normalized spacial score (nSPS) is 11.5. The molecule has 0 atom stereocenters. The zero-order valence-corrected chi connectivity index (χ0v) is 12.4. The molecule has 0 amide bonds. The van der Waals surface area contributed by atoms with Crippen molar-refractivity contribution in [3.05, 3.63) is 52.8 Å². The number of hydrogen-bond acceptors (Lipinski definition) is 3. The first-order chi connectivity index (χ1) is 9.72. The van der Waals surface area contributed by atoms with E-state index in [1.807, 2.05) is 30.5 Å². The minimum absolute atomic E-state index is 0.533. The maximum Gasteiger partial charge on any atom is 0.195 e. The first-order valence-electron chi connectivity index (χ1n) is 5.90. The highest BCUT2D eigenvalue weighted by Gasteiger charge is 2.13. The molecule has 1 aromatic carbocycles. The molecule has 0 aliphatic rings. The number of thiazole rings is 1. The van der Waals surface area contributed by atoms with Crippen molar-refractivity contribution in [3.63, 3.8) is 0 Å². The van der Waals surface area contributed by atoms with Crippen LogP contribution < -0.4 is 0 Å². The Kier molecular flexibility index (Phi) is 2.70. The Morgan fingerprint density at radius 1 is 1.15 bits per heavy atom. The van der Waals surface area contributed by atoms with Gasteiger partial charge in [-0.25, -0.2) is 4.98 Å². The number of halogens is 2. The molecular formula is C14H7Cl2N3S. The number of nitrogens with zero attached hydrogens (tertiary/aromatic N) is 3. The van der Waals surface area contributed by atoms with Crippen LogP contribution in [0.2, 0.25) is 10.0 Å². The lowest BCUT2D eigenvalue weighted by molar-refractivity contribution is 1.27. The zero-order chi connectivity index (χ0) is 13.7. The molecule has 0 bridgehead atoms. The minimum Gasteiger partial charge on any atom is -0.290 e. The lowest BCUT2D eigenvalue weighted by Gasteiger charge is -1.99. The maximum atomic E-state index is 6.21. The third-order valence-electron chi connectivity index (χ3n) is 3.05. The Labute approximate surface area is 128 Å². The molecule has 0 saturated heterocycles. The van der Waals surface area contributed by atoms with Gasteiger partial charge in [-0.3, -0.25) is 9.38 Å². The molecule has 4 aromatic rings. The Balaban J connectivity index is 1.97. The number of imidazole rings is 1. The standard InChI is InChI=1S/C14H7Cl2N3S/c15-8-5-9(16)13(17-6-8)12-7-19-11-4-2-1-3-10(11)18-14(19)20-12/h1-7H. The average Bonchev–Trinajstić information content (AvgIpc) is 2.96. The quantitative estimate of drug-likeness (QED) is 0.498. The highest BCUT2D eigenvalue weighted by molar-refractivity contribution is 7.20. The summed E-state index contributed by atoms with van der Waals surface area (Å²) in [5.74, 6) is 0. The summed E-state index contributed by atoms with van der Waals surface area (Å²) in [4.78, 5) is 10.8. The smallest absolute Gasteiger partial charge is 0.195 e. The minimum atomic E-state index is 0.533. The highest BCUT2D eigenvalue weighted by Crippen LogP contribution is 2.34. The summed E-state index contributed by atoms with van der Waals surface area (Å²) in [5.41, 5.74) is 2.80. The third kappa shape index (κ3) is 1.80. The van der Waals surface area contributed by atoms with Gasteiger partial charge in [-0.05, 0) is 18.2 Å². The number of para-hydroxylation sites is 2. The first kappa shape index (κ1) is 12.1. The van der Waals surface area contributed by atoms with Gasteiger partial charge in [-0.1, -0.05) is 46.7 Å². The van der Waals surface area contributed by atoms with E-state index in [4.69, 9.17) is 23.2 Å². The third-order valence-corrected chi connectivity index (χ3v) is 4.54. The predicted octanol–water partition coefficient (Wildman–Crippen LogP) is 4.92. The van der Waals surface area contributed by atoms with Crippen molar-refractivity contribution in [1.29, 1.82) is 0 Å². The molecule has 0 aliphatic heterocycles. The van der Waals surface area contributed by atoms with Gasteiger partial charge in [0.2, 0.25) is 0 Å². The Hall–Kier alpha value is -1.62. The van der Waals surface area contributed by atoms with Gasteiger partial charge in [0.25, 0.3) is 0 Å². The second-order valence-corrected chi connectivity index (χ2v) is 6.19. The van der Waals surface area contributed by atoms with E-state index in [0.29, 0.717) is 10.0 Å². The molecule has 0 saturated carbocycles. The summed E-state index contributed by atoms with van der Waals surface area (Å²) in [6.07, 6.45) is 3.61. The molecule has 98 valence electrons. The van der Waals surface area contributed by atoms with E-state index >= 15 is 0 Å². The number of hydrogen-bond donors (Lipinski definition) is 0. The number of aromatic nitrogens is 3. The fourth-order valence-corrected chi connectivity index (χ4v) is 3.71.